The van der Waals surface area contributed by atoms with Crippen molar-refractivity contribution in [1.82, 2.24) is 0 Å². The van der Waals surface area contributed by atoms with Crippen LogP contribution in [0.1, 0.15) is 32.8 Å². The smallest absolute Gasteiger partial charge is 0.306 e. The van der Waals surface area contributed by atoms with E-state index >= 15 is 0 Å². The first-order valence-corrected chi connectivity index (χ1v) is 5.47. The van der Waals surface area contributed by atoms with Crippen molar-refractivity contribution in [3.8, 4) is 5.75 Å². The van der Waals surface area contributed by atoms with Crippen molar-refractivity contribution in [3.05, 3.63) is 29.6 Å². The zero-order valence-electron chi connectivity index (χ0n) is 10.3. The summed E-state index contributed by atoms with van der Waals surface area (Å²) in [6, 6.07) is 4.04. The van der Waals surface area contributed by atoms with Crippen molar-refractivity contribution in [1.29, 1.82) is 0 Å². The maximum Gasteiger partial charge on any atom is 0.306 e. The molecule has 0 amide bonds. The lowest BCUT2D eigenvalue weighted by molar-refractivity contribution is -0.154. The maximum absolute atomic E-state index is 12.8. The third-order valence-electron chi connectivity index (χ3n) is 2.05. The number of phenolic OH excluding ortho intramolecular Hbond substituents is 1. The Morgan fingerprint density at radius 3 is 2.59 bits per heavy atom. The van der Waals surface area contributed by atoms with Crippen molar-refractivity contribution < 1.29 is 19.0 Å². The number of aromatic hydroxyl groups is 1. The Kier molecular flexibility index (Phi) is 4.10. The van der Waals surface area contributed by atoms with Crippen LogP contribution >= 0.6 is 0 Å². The van der Waals surface area contributed by atoms with E-state index in [1.54, 1.807) is 26.8 Å². The molecular formula is C13H17FO3. The molecule has 94 valence electrons. The molecule has 0 spiro atoms. The molecule has 0 unspecified atom stereocenters. The van der Waals surface area contributed by atoms with Gasteiger partial charge < -0.3 is 9.84 Å². The number of halogens is 1. The molecule has 1 aromatic carbocycles. The summed E-state index contributed by atoms with van der Waals surface area (Å²) in [4.78, 5) is 11.4. The first-order valence-electron chi connectivity index (χ1n) is 5.47. The van der Waals surface area contributed by atoms with Gasteiger partial charge in [-0.25, -0.2) is 4.39 Å². The summed E-state index contributed by atoms with van der Waals surface area (Å²) in [6.45, 7) is 5.40. The van der Waals surface area contributed by atoms with Gasteiger partial charge in [0.15, 0.2) is 11.6 Å². The summed E-state index contributed by atoms with van der Waals surface area (Å²) in [5, 5.41) is 9.16. The molecule has 0 atom stereocenters. The van der Waals surface area contributed by atoms with Gasteiger partial charge in [-0.3, -0.25) is 4.79 Å². The van der Waals surface area contributed by atoms with Crippen LogP contribution in [0.15, 0.2) is 18.2 Å². The van der Waals surface area contributed by atoms with E-state index in [1.807, 2.05) is 0 Å². The summed E-state index contributed by atoms with van der Waals surface area (Å²) >= 11 is 0. The third kappa shape index (κ3) is 4.85. The average molecular weight is 240 g/mol. The van der Waals surface area contributed by atoms with Crippen LogP contribution in [0.5, 0.6) is 5.75 Å². The summed E-state index contributed by atoms with van der Waals surface area (Å²) in [7, 11) is 0. The highest BCUT2D eigenvalue weighted by Crippen LogP contribution is 2.18. The van der Waals surface area contributed by atoms with Gasteiger partial charge in [-0.05, 0) is 44.9 Å². The van der Waals surface area contributed by atoms with Crippen LogP contribution < -0.4 is 0 Å². The Balaban J connectivity index is 2.50. The van der Waals surface area contributed by atoms with E-state index in [-0.39, 0.29) is 12.4 Å². The fraction of sp³-hybridized carbons (Fsp3) is 0.462. The van der Waals surface area contributed by atoms with Gasteiger partial charge in [0.1, 0.15) is 5.60 Å². The Labute approximate surface area is 100 Å². The predicted molar refractivity (Wildman–Crippen MR) is 62.2 cm³/mol. The van der Waals surface area contributed by atoms with Crippen molar-refractivity contribution in [2.45, 2.75) is 39.2 Å². The molecule has 0 fully saturated rings. The lowest BCUT2D eigenvalue weighted by atomic mass is 10.1. The molecule has 4 heteroatoms. The second-order valence-electron chi connectivity index (χ2n) is 4.87. The van der Waals surface area contributed by atoms with Gasteiger partial charge >= 0.3 is 5.97 Å². The van der Waals surface area contributed by atoms with E-state index in [2.05, 4.69) is 0 Å². The van der Waals surface area contributed by atoms with E-state index < -0.39 is 17.2 Å². The largest absolute Gasteiger partial charge is 0.505 e. The minimum Gasteiger partial charge on any atom is -0.505 e. The highest BCUT2D eigenvalue weighted by atomic mass is 19.1. The Hall–Kier alpha value is -1.58. The number of carbonyl (C=O) groups excluding carboxylic acids is 1. The number of benzene rings is 1. The lowest BCUT2D eigenvalue weighted by Gasteiger charge is -2.19. The molecule has 0 radical (unpaired) electrons. The average Bonchev–Trinajstić information content (AvgIpc) is 2.17. The molecule has 0 heterocycles. The highest BCUT2D eigenvalue weighted by Gasteiger charge is 2.16. The van der Waals surface area contributed by atoms with Gasteiger partial charge in [-0.2, -0.15) is 0 Å². The van der Waals surface area contributed by atoms with E-state index in [4.69, 9.17) is 9.84 Å². The number of esters is 1. The number of hydrogen-bond acceptors (Lipinski definition) is 3. The van der Waals surface area contributed by atoms with Crippen LogP contribution in [-0.4, -0.2) is 16.7 Å². The van der Waals surface area contributed by atoms with Gasteiger partial charge in [0.05, 0.1) is 0 Å². The van der Waals surface area contributed by atoms with Crippen molar-refractivity contribution in [2.24, 2.45) is 0 Å². The van der Waals surface area contributed by atoms with Crippen molar-refractivity contribution in [3.63, 3.8) is 0 Å². The second kappa shape index (κ2) is 5.17. The van der Waals surface area contributed by atoms with Gasteiger partial charge in [-0.1, -0.05) is 6.07 Å². The molecule has 1 aromatic rings. The molecule has 0 aliphatic rings. The first kappa shape index (κ1) is 13.5. The number of rotatable bonds is 3. The molecule has 3 nitrogen and oxygen atoms in total. The standard InChI is InChI=1S/C13H17FO3/c1-13(2,3)17-12(16)7-5-9-4-6-10(14)11(15)8-9/h4,6,8,15H,5,7H2,1-3H3. The van der Waals surface area contributed by atoms with E-state index in [1.165, 1.54) is 12.1 Å². The molecule has 0 bridgehead atoms. The zero-order valence-corrected chi connectivity index (χ0v) is 10.3. The highest BCUT2D eigenvalue weighted by molar-refractivity contribution is 5.70. The molecule has 17 heavy (non-hydrogen) atoms. The number of hydrogen-bond donors (Lipinski definition) is 1. The molecule has 0 aliphatic carbocycles. The molecule has 0 saturated carbocycles. The van der Waals surface area contributed by atoms with Crippen LogP contribution in [0.25, 0.3) is 0 Å². The van der Waals surface area contributed by atoms with Crippen molar-refractivity contribution in [2.75, 3.05) is 0 Å². The molecular weight excluding hydrogens is 223 g/mol. The summed E-state index contributed by atoms with van der Waals surface area (Å²) in [5.74, 6) is -1.36. The van der Waals surface area contributed by atoms with Gasteiger partial charge in [-0.15, -0.1) is 0 Å². The maximum atomic E-state index is 12.8. The van der Waals surface area contributed by atoms with E-state index in [0.717, 1.165) is 0 Å². The number of ether oxygens (including phenoxy) is 1. The van der Waals surface area contributed by atoms with Crippen LogP contribution in [0.3, 0.4) is 0 Å². The van der Waals surface area contributed by atoms with Gasteiger partial charge in [0.2, 0.25) is 0 Å². The lowest BCUT2D eigenvalue weighted by Crippen LogP contribution is -2.24. The van der Waals surface area contributed by atoms with Gasteiger partial charge in [0.25, 0.3) is 0 Å². The molecule has 1 rings (SSSR count). The molecule has 0 aromatic heterocycles. The quantitative estimate of drug-likeness (QED) is 0.826. The topological polar surface area (TPSA) is 46.5 Å². The summed E-state index contributed by atoms with van der Waals surface area (Å²) in [5.41, 5.74) is 0.205. The minimum atomic E-state index is -0.661. The molecule has 0 saturated heterocycles. The van der Waals surface area contributed by atoms with Crippen molar-refractivity contribution >= 4 is 5.97 Å². The second-order valence-corrected chi connectivity index (χ2v) is 4.87. The fourth-order valence-corrected chi connectivity index (χ4v) is 1.35. The predicted octanol–water partition coefficient (Wildman–Crippen LogP) is 2.81. The number of phenols is 1. The first-order chi connectivity index (χ1) is 7.78. The monoisotopic (exact) mass is 240 g/mol. The Morgan fingerprint density at radius 1 is 1.41 bits per heavy atom. The summed E-state index contributed by atoms with van der Waals surface area (Å²) < 4.78 is 17.9. The third-order valence-corrected chi connectivity index (χ3v) is 2.05. The normalized spacial score (nSPS) is 11.3. The SMILES string of the molecule is CC(C)(C)OC(=O)CCc1ccc(F)c(O)c1. The van der Waals surface area contributed by atoms with E-state index in [9.17, 15) is 9.18 Å². The zero-order chi connectivity index (χ0) is 13.1. The van der Waals surface area contributed by atoms with Crippen LogP contribution in [0, 0.1) is 5.82 Å². The number of carbonyl (C=O) groups is 1. The van der Waals surface area contributed by atoms with Crippen LogP contribution in [0.2, 0.25) is 0 Å². The fourth-order valence-electron chi connectivity index (χ4n) is 1.35. The Bertz CT molecular complexity index is 408. The minimum absolute atomic E-state index is 0.211. The van der Waals surface area contributed by atoms with Crippen LogP contribution in [-0.2, 0) is 16.0 Å². The molecule has 0 aliphatic heterocycles. The van der Waals surface area contributed by atoms with E-state index in [0.29, 0.717) is 12.0 Å². The molecule has 1 N–H and O–H groups in total. The Morgan fingerprint density at radius 2 is 2.06 bits per heavy atom. The number of aryl methyl sites for hydroxylation is 1. The summed E-state index contributed by atoms with van der Waals surface area (Å²) in [6.07, 6.45) is 0.630. The van der Waals surface area contributed by atoms with Gasteiger partial charge in [0, 0.05) is 6.42 Å². The van der Waals surface area contributed by atoms with Crippen LogP contribution in [0.4, 0.5) is 4.39 Å².